The van der Waals surface area contributed by atoms with Crippen LogP contribution in [0.4, 0.5) is 0 Å². The van der Waals surface area contributed by atoms with Crippen molar-refractivity contribution in [2.75, 3.05) is 0 Å². The van der Waals surface area contributed by atoms with Crippen LogP contribution < -0.4 is 4.74 Å². The topological polar surface area (TPSA) is 60.8 Å². The number of hydrogen-bond donors (Lipinski definition) is 0. The first-order valence-corrected chi connectivity index (χ1v) is 20.5. The van der Waals surface area contributed by atoms with Gasteiger partial charge in [0.25, 0.3) is 0 Å². The molecular weight excluding hydrogens is 733 g/mol. The fourth-order valence-corrected chi connectivity index (χ4v) is 9.64. The summed E-state index contributed by atoms with van der Waals surface area (Å²) in [5.74, 6) is 3.78. The number of fused-ring (bicyclic) bond motifs is 10. The van der Waals surface area contributed by atoms with Gasteiger partial charge in [0, 0.05) is 45.3 Å². The molecule has 5 nitrogen and oxygen atoms in total. The van der Waals surface area contributed by atoms with Crippen LogP contribution in [0.3, 0.4) is 0 Å². The number of aromatic nitrogens is 4. The number of para-hydroxylation sites is 3. The first-order chi connectivity index (χ1) is 29.7. The molecule has 5 heteroatoms. The molecule has 2 aliphatic carbocycles. The van der Waals surface area contributed by atoms with E-state index in [1.54, 1.807) is 0 Å². The molecule has 1 unspecified atom stereocenters. The molecule has 0 bridgehead atoms. The minimum atomic E-state index is -0.614. The lowest BCUT2D eigenvalue weighted by Gasteiger charge is -2.39. The molecule has 0 fully saturated rings. The van der Waals surface area contributed by atoms with E-state index in [1.807, 2.05) is 30.5 Å². The second-order valence-electron chi connectivity index (χ2n) is 15.7. The second kappa shape index (κ2) is 13.7. The van der Waals surface area contributed by atoms with Crippen LogP contribution in [0.2, 0.25) is 0 Å². The summed E-state index contributed by atoms with van der Waals surface area (Å²) >= 11 is 0. The Balaban J connectivity index is 1.09. The van der Waals surface area contributed by atoms with Crippen molar-refractivity contribution in [2.45, 2.75) is 17.8 Å². The Labute approximate surface area is 348 Å². The van der Waals surface area contributed by atoms with Gasteiger partial charge in [-0.15, -0.1) is 0 Å². The zero-order valence-corrected chi connectivity index (χ0v) is 32.5. The van der Waals surface area contributed by atoms with Crippen LogP contribution >= 0.6 is 0 Å². The Morgan fingerprint density at radius 1 is 0.483 bits per heavy atom. The van der Waals surface area contributed by atoms with E-state index < -0.39 is 5.41 Å². The summed E-state index contributed by atoms with van der Waals surface area (Å²) in [6.45, 7) is 0. The molecule has 0 saturated carbocycles. The van der Waals surface area contributed by atoms with Gasteiger partial charge in [0.2, 0.25) is 0 Å². The summed E-state index contributed by atoms with van der Waals surface area (Å²) in [6, 6.07) is 62.0. The molecule has 0 amide bonds. The molecule has 2 aromatic heterocycles. The predicted molar refractivity (Wildman–Crippen MR) is 240 cm³/mol. The number of hydrogen-bond acceptors (Lipinski definition) is 5. The van der Waals surface area contributed by atoms with Gasteiger partial charge in [0.15, 0.2) is 11.6 Å². The molecule has 0 saturated heterocycles. The fraction of sp³-hybridized carbons (Fsp3) is 0.0545. The molecule has 0 radical (unpaired) electrons. The van der Waals surface area contributed by atoms with Crippen molar-refractivity contribution in [1.29, 1.82) is 0 Å². The summed E-state index contributed by atoms with van der Waals surface area (Å²) < 4.78 is 6.65. The van der Waals surface area contributed by atoms with E-state index >= 15 is 0 Å². The van der Waals surface area contributed by atoms with E-state index in [9.17, 15) is 0 Å². The minimum absolute atomic E-state index is 0.0139. The third kappa shape index (κ3) is 5.33. The Morgan fingerprint density at radius 2 is 1.10 bits per heavy atom. The summed E-state index contributed by atoms with van der Waals surface area (Å²) in [6.07, 6.45) is 9.42. The van der Waals surface area contributed by atoms with E-state index in [0.29, 0.717) is 11.6 Å². The van der Waals surface area contributed by atoms with Gasteiger partial charge in [-0.3, -0.25) is 4.98 Å². The van der Waals surface area contributed by atoms with Crippen LogP contribution in [0.15, 0.2) is 200 Å². The van der Waals surface area contributed by atoms with Gasteiger partial charge in [0.1, 0.15) is 17.3 Å². The maximum absolute atomic E-state index is 6.65. The van der Waals surface area contributed by atoms with Crippen molar-refractivity contribution in [2.24, 2.45) is 0 Å². The van der Waals surface area contributed by atoms with Gasteiger partial charge < -0.3 is 4.74 Å². The van der Waals surface area contributed by atoms with Crippen molar-refractivity contribution in [3.05, 3.63) is 234 Å². The summed E-state index contributed by atoms with van der Waals surface area (Å²) in [7, 11) is 0. The quantitative estimate of drug-likeness (QED) is 0.174. The zero-order valence-electron chi connectivity index (χ0n) is 32.5. The highest BCUT2D eigenvalue weighted by molar-refractivity contribution is 5.97. The number of allylic oxidation sites excluding steroid dienone is 4. The standard InChI is InChI=1S/C55H36N4O/c1-3-14-35(15-4-1)38-19-11-20-40(32-38)53-57-52(37-16-5-2-6-17-37)58-54(59-53)41-28-30-46-44(34-41)43-33-39(42-22-12-18-36-21-13-31-56-51(36)42)27-29-45(43)55(46)47-23-7-9-25-49(47)60-50-26-10-8-24-48(50)55/h1-19,21-34,40H,20H2. The fourth-order valence-electron chi connectivity index (χ4n) is 9.64. The highest BCUT2D eigenvalue weighted by atomic mass is 16.5. The van der Waals surface area contributed by atoms with E-state index in [1.165, 1.54) is 22.3 Å². The average molecular weight is 769 g/mol. The van der Waals surface area contributed by atoms with Crippen molar-refractivity contribution in [3.63, 3.8) is 0 Å². The van der Waals surface area contributed by atoms with Crippen LogP contribution in [0, 0.1) is 0 Å². The lowest BCUT2D eigenvalue weighted by molar-refractivity contribution is 0.436. The van der Waals surface area contributed by atoms with E-state index in [0.717, 1.165) is 79.2 Å². The monoisotopic (exact) mass is 768 g/mol. The Morgan fingerprint density at radius 3 is 1.83 bits per heavy atom. The first-order valence-electron chi connectivity index (χ1n) is 20.5. The third-order valence-electron chi connectivity index (χ3n) is 12.3. The number of rotatable bonds is 5. The first kappa shape index (κ1) is 34.3. The van der Waals surface area contributed by atoms with Gasteiger partial charge in [-0.2, -0.15) is 0 Å². The molecule has 12 rings (SSSR count). The van der Waals surface area contributed by atoms with E-state index in [2.05, 4.69) is 170 Å². The molecule has 60 heavy (non-hydrogen) atoms. The van der Waals surface area contributed by atoms with Crippen LogP contribution in [0.5, 0.6) is 11.5 Å². The summed E-state index contributed by atoms with van der Waals surface area (Å²) in [4.78, 5) is 20.5. The van der Waals surface area contributed by atoms with Crippen LogP contribution in [0.1, 0.15) is 46.0 Å². The van der Waals surface area contributed by atoms with Crippen LogP contribution in [0.25, 0.3) is 61.5 Å². The number of pyridine rings is 1. The van der Waals surface area contributed by atoms with Gasteiger partial charge >= 0.3 is 0 Å². The third-order valence-corrected chi connectivity index (χ3v) is 12.3. The molecular formula is C55H36N4O. The number of ether oxygens (including phenoxy) is 1. The highest BCUT2D eigenvalue weighted by Gasteiger charge is 2.51. The molecule has 9 aromatic rings. The lowest BCUT2D eigenvalue weighted by Crippen LogP contribution is -2.32. The minimum Gasteiger partial charge on any atom is -0.457 e. The molecule has 0 N–H and O–H groups in total. The zero-order chi connectivity index (χ0) is 39.6. The Kier molecular flexibility index (Phi) is 7.82. The van der Waals surface area contributed by atoms with Crippen LogP contribution in [-0.2, 0) is 5.41 Å². The van der Waals surface area contributed by atoms with Crippen molar-refractivity contribution < 1.29 is 4.74 Å². The van der Waals surface area contributed by atoms with Crippen molar-refractivity contribution in [1.82, 2.24) is 19.9 Å². The SMILES string of the molecule is C1=CC(c2ccccc2)=CC(c2nc(-c3ccccc3)nc(-c3ccc4c(c3)-c3cc(-c5cccc6cccnc56)ccc3C43c4ccccc4Oc4ccccc43)n2)C1. The molecule has 1 aliphatic heterocycles. The van der Waals surface area contributed by atoms with Crippen molar-refractivity contribution in [3.8, 4) is 56.5 Å². The summed E-state index contributed by atoms with van der Waals surface area (Å²) in [5, 5.41) is 1.11. The number of nitrogens with zero attached hydrogens (tertiary/aromatic N) is 4. The maximum atomic E-state index is 6.65. The average Bonchev–Trinajstić information content (AvgIpc) is 3.61. The van der Waals surface area contributed by atoms with E-state index in [-0.39, 0.29) is 5.92 Å². The van der Waals surface area contributed by atoms with Gasteiger partial charge in [-0.05, 0) is 75.7 Å². The van der Waals surface area contributed by atoms with E-state index in [4.69, 9.17) is 24.7 Å². The predicted octanol–water partition coefficient (Wildman–Crippen LogP) is 13.0. The molecule has 1 atom stereocenters. The Bertz CT molecular complexity index is 3170. The molecule has 1 spiro atoms. The van der Waals surface area contributed by atoms with Gasteiger partial charge in [-0.25, -0.2) is 15.0 Å². The lowest BCUT2D eigenvalue weighted by atomic mass is 9.66. The normalized spacial score (nSPS) is 15.4. The molecule has 3 aliphatic rings. The van der Waals surface area contributed by atoms with Crippen molar-refractivity contribution >= 4 is 16.5 Å². The Hall–Kier alpha value is -7.76. The van der Waals surface area contributed by atoms with Gasteiger partial charge in [-0.1, -0.05) is 164 Å². The molecule has 282 valence electrons. The smallest absolute Gasteiger partial charge is 0.163 e. The maximum Gasteiger partial charge on any atom is 0.163 e. The van der Waals surface area contributed by atoms with Gasteiger partial charge in [0.05, 0.1) is 10.9 Å². The largest absolute Gasteiger partial charge is 0.457 e. The highest BCUT2D eigenvalue weighted by Crippen LogP contribution is 2.62. The molecule has 3 heterocycles. The number of benzene rings is 7. The van der Waals surface area contributed by atoms with Crippen LogP contribution in [-0.4, -0.2) is 19.9 Å². The summed E-state index contributed by atoms with van der Waals surface area (Å²) in [5.41, 5.74) is 13.8. The molecule has 7 aromatic carbocycles. The second-order valence-corrected chi connectivity index (χ2v) is 15.7.